The summed E-state index contributed by atoms with van der Waals surface area (Å²) in [5, 5.41) is 0. The van der Waals surface area contributed by atoms with Crippen LogP contribution in [0.2, 0.25) is 0 Å². The number of aryl methyl sites for hydroxylation is 1. The third-order valence-corrected chi connectivity index (χ3v) is 3.85. The van der Waals surface area contributed by atoms with Gasteiger partial charge in [-0.3, -0.25) is 9.69 Å². The molecule has 0 unspecified atom stereocenters. The molecule has 0 aliphatic carbocycles. The van der Waals surface area contributed by atoms with E-state index in [0.717, 1.165) is 29.8 Å². The van der Waals surface area contributed by atoms with Gasteiger partial charge in [-0.15, -0.1) is 0 Å². The summed E-state index contributed by atoms with van der Waals surface area (Å²) in [6, 6.07) is 14.9. The van der Waals surface area contributed by atoms with E-state index in [2.05, 4.69) is 0 Å². The highest BCUT2D eigenvalue weighted by atomic mass is 16.5. The van der Waals surface area contributed by atoms with Crippen molar-refractivity contribution >= 4 is 23.3 Å². The van der Waals surface area contributed by atoms with E-state index in [-0.39, 0.29) is 5.91 Å². The van der Waals surface area contributed by atoms with Crippen LogP contribution >= 0.6 is 0 Å². The van der Waals surface area contributed by atoms with Crippen molar-refractivity contribution < 1.29 is 14.3 Å². The lowest BCUT2D eigenvalue weighted by atomic mass is 10.0. The first kappa shape index (κ1) is 14.3. The predicted molar refractivity (Wildman–Crippen MR) is 84.3 cm³/mol. The van der Waals surface area contributed by atoms with Crippen molar-refractivity contribution in [2.75, 3.05) is 12.0 Å². The molecule has 112 valence electrons. The highest BCUT2D eigenvalue weighted by Gasteiger charge is 2.24. The zero-order valence-corrected chi connectivity index (χ0v) is 12.4. The van der Waals surface area contributed by atoms with E-state index in [1.165, 1.54) is 7.11 Å². The standard InChI is InChI=1S/C18H17NO3/c1-22-18(21)14-11-10-13-6-5-9-17(20)19(16(13)12-14)15-7-3-2-4-8-15/h2-4,7-8,10-12H,5-6,9H2,1H3. The largest absolute Gasteiger partial charge is 0.465 e. The summed E-state index contributed by atoms with van der Waals surface area (Å²) in [5.41, 5.74) is 3.12. The second-order valence-electron chi connectivity index (χ2n) is 5.25. The number of hydrogen-bond acceptors (Lipinski definition) is 3. The first-order chi connectivity index (χ1) is 10.7. The van der Waals surface area contributed by atoms with Crippen molar-refractivity contribution in [3.63, 3.8) is 0 Å². The number of carbonyl (C=O) groups is 2. The van der Waals surface area contributed by atoms with E-state index in [1.54, 1.807) is 17.0 Å². The van der Waals surface area contributed by atoms with Gasteiger partial charge in [0, 0.05) is 12.1 Å². The van der Waals surface area contributed by atoms with E-state index < -0.39 is 5.97 Å². The molecule has 0 fully saturated rings. The lowest BCUT2D eigenvalue weighted by Gasteiger charge is -2.23. The number of rotatable bonds is 2. The number of carbonyl (C=O) groups excluding carboxylic acids is 2. The molecule has 0 radical (unpaired) electrons. The average Bonchev–Trinajstić information content (AvgIpc) is 2.72. The Bertz CT molecular complexity index is 710. The van der Waals surface area contributed by atoms with E-state index in [4.69, 9.17) is 4.74 Å². The van der Waals surface area contributed by atoms with Crippen LogP contribution in [0, 0.1) is 0 Å². The lowest BCUT2D eigenvalue weighted by Crippen LogP contribution is -2.25. The first-order valence-corrected chi connectivity index (χ1v) is 7.30. The highest BCUT2D eigenvalue weighted by Crippen LogP contribution is 2.34. The Hall–Kier alpha value is -2.62. The summed E-state index contributed by atoms with van der Waals surface area (Å²) in [6.07, 6.45) is 2.13. The molecule has 0 aromatic heterocycles. The summed E-state index contributed by atoms with van der Waals surface area (Å²) < 4.78 is 4.78. The third kappa shape index (κ3) is 2.60. The summed E-state index contributed by atoms with van der Waals surface area (Å²) in [5.74, 6) is -0.348. The van der Waals surface area contributed by atoms with Gasteiger partial charge >= 0.3 is 5.97 Å². The fourth-order valence-electron chi connectivity index (χ4n) is 2.76. The molecule has 4 heteroatoms. The van der Waals surface area contributed by atoms with E-state index in [1.807, 2.05) is 36.4 Å². The molecule has 3 rings (SSSR count). The molecular weight excluding hydrogens is 278 g/mol. The number of hydrogen-bond donors (Lipinski definition) is 0. The fourth-order valence-corrected chi connectivity index (χ4v) is 2.76. The van der Waals surface area contributed by atoms with Crippen LogP contribution in [0.4, 0.5) is 11.4 Å². The van der Waals surface area contributed by atoms with Gasteiger partial charge in [0.1, 0.15) is 0 Å². The van der Waals surface area contributed by atoms with Gasteiger partial charge in [0.15, 0.2) is 0 Å². The van der Waals surface area contributed by atoms with Gasteiger partial charge in [-0.1, -0.05) is 24.3 Å². The second-order valence-corrected chi connectivity index (χ2v) is 5.25. The molecule has 4 nitrogen and oxygen atoms in total. The maximum Gasteiger partial charge on any atom is 0.337 e. The quantitative estimate of drug-likeness (QED) is 0.797. The van der Waals surface area contributed by atoms with Crippen LogP contribution in [-0.2, 0) is 16.0 Å². The molecule has 1 amide bonds. The number of ether oxygens (including phenoxy) is 1. The van der Waals surface area contributed by atoms with Gasteiger partial charge in [0.05, 0.1) is 18.4 Å². The van der Waals surface area contributed by atoms with Gasteiger partial charge in [0.2, 0.25) is 5.91 Å². The Labute approximate surface area is 129 Å². The molecule has 0 bridgehead atoms. The van der Waals surface area contributed by atoms with Crippen molar-refractivity contribution in [2.45, 2.75) is 19.3 Å². The lowest BCUT2D eigenvalue weighted by molar-refractivity contribution is -0.117. The van der Waals surface area contributed by atoms with Crippen LogP contribution in [0.25, 0.3) is 0 Å². The number of amides is 1. The van der Waals surface area contributed by atoms with Gasteiger partial charge in [-0.05, 0) is 42.7 Å². The molecular formula is C18H17NO3. The second kappa shape index (κ2) is 6.02. The number of anilines is 2. The van der Waals surface area contributed by atoms with Gasteiger partial charge in [-0.25, -0.2) is 4.79 Å². The Morgan fingerprint density at radius 1 is 1.09 bits per heavy atom. The van der Waals surface area contributed by atoms with E-state index in [9.17, 15) is 9.59 Å². The molecule has 0 N–H and O–H groups in total. The van der Waals surface area contributed by atoms with Crippen LogP contribution in [-0.4, -0.2) is 19.0 Å². The summed E-state index contributed by atoms with van der Waals surface area (Å²) in [7, 11) is 1.36. The number of nitrogens with zero attached hydrogens (tertiary/aromatic N) is 1. The minimum atomic E-state index is -0.396. The summed E-state index contributed by atoms with van der Waals surface area (Å²) in [4.78, 5) is 26.0. The minimum Gasteiger partial charge on any atom is -0.465 e. The topological polar surface area (TPSA) is 46.6 Å². The van der Waals surface area contributed by atoms with Crippen molar-refractivity contribution in [2.24, 2.45) is 0 Å². The molecule has 0 atom stereocenters. The third-order valence-electron chi connectivity index (χ3n) is 3.85. The van der Waals surface area contributed by atoms with Crippen LogP contribution in [0.3, 0.4) is 0 Å². The summed E-state index contributed by atoms with van der Waals surface area (Å²) in [6.45, 7) is 0. The maximum atomic E-state index is 12.5. The van der Waals surface area contributed by atoms with Crippen molar-refractivity contribution in [3.05, 3.63) is 59.7 Å². The van der Waals surface area contributed by atoms with E-state index >= 15 is 0 Å². The Kier molecular flexibility index (Phi) is 3.92. The molecule has 2 aromatic rings. The fraction of sp³-hybridized carbons (Fsp3) is 0.222. The van der Waals surface area contributed by atoms with Crippen molar-refractivity contribution in [1.29, 1.82) is 0 Å². The van der Waals surface area contributed by atoms with Crippen LogP contribution in [0.1, 0.15) is 28.8 Å². The molecule has 0 saturated heterocycles. The Morgan fingerprint density at radius 2 is 1.86 bits per heavy atom. The zero-order valence-electron chi connectivity index (χ0n) is 12.4. The number of methoxy groups -OCH3 is 1. The van der Waals surface area contributed by atoms with Crippen molar-refractivity contribution in [3.8, 4) is 0 Å². The molecule has 1 aliphatic rings. The normalized spacial score (nSPS) is 14.2. The summed E-state index contributed by atoms with van der Waals surface area (Å²) >= 11 is 0. The molecule has 1 heterocycles. The number of fused-ring (bicyclic) bond motifs is 1. The SMILES string of the molecule is COC(=O)c1ccc2c(c1)N(c1ccccc1)C(=O)CCC2. The smallest absolute Gasteiger partial charge is 0.337 e. The van der Waals surface area contributed by atoms with E-state index in [0.29, 0.717) is 12.0 Å². The van der Waals surface area contributed by atoms with Gasteiger partial charge in [-0.2, -0.15) is 0 Å². The monoisotopic (exact) mass is 295 g/mol. The maximum absolute atomic E-state index is 12.5. The predicted octanol–water partition coefficient (Wildman–Crippen LogP) is 3.47. The van der Waals surface area contributed by atoms with Gasteiger partial charge in [0.25, 0.3) is 0 Å². The molecule has 22 heavy (non-hydrogen) atoms. The number of benzene rings is 2. The minimum absolute atomic E-state index is 0.0481. The zero-order chi connectivity index (χ0) is 15.5. The molecule has 1 aliphatic heterocycles. The number of para-hydroxylation sites is 1. The molecule has 0 spiro atoms. The molecule has 0 saturated carbocycles. The van der Waals surface area contributed by atoms with Crippen LogP contribution in [0.5, 0.6) is 0 Å². The van der Waals surface area contributed by atoms with Crippen molar-refractivity contribution in [1.82, 2.24) is 0 Å². The van der Waals surface area contributed by atoms with Crippen LogP contribution < -0.4 is 4.90 Å². The Morgan fingerprint density at radius 3 is 2.59 bits per heavy atom. The highest BCUT2D eigenvalue weighted by molar-refractivity contribution is 6.03. The number of esters is 1. The van der Waals surface area contributed by atoms with Gasteiger partial charge < -0.3 is 4.74 Å². The first-order valence-electron chi connectivity index (χ1n) is 7.30. The van der Waals surface area contributed by atoms with Crippen LogP contribution in [0.15, 0.2) is 48.5 Å². The molecule has 2 aromatic carbocycles. The average molecular weight is 295 g/mol. The Balaban J connectivity index is 2.14.